The second kappa shape index (κ2) is 4.47. The van der Waals surface area contributed by atoms with Gasteiger partial charge in [0.15, 0.2) is 0 Å². The molecule has 2 nitrogen and oxygen atoms in total. The third-order valence-corrected chi connectivity index (χ3v) is 5.06. The Morgan fingerprint density at radius 2 is 2.19 bits per heavy atom. The fraction of sp³-hybridized carbons (Fsp3) is 0.692. The van der Waals surface area contributed by atoms with Gasteiger partial charge in [-0.25, -0.2) is 0 Å². The van der Waals surface area contributed by atoms with E-state index in [-0.39, 0.29) is 0 Å². The van der Waals surface area contributed by atoms with Crippen molar-refractivity contribution in [2.75, 3.05) is 26.7 Å². The van der Waals surface area contributed by atoms with Gasteiger partial charge in [0, 0.05) is 17.5 Å². The van der Waals surface area contributed by atoms with Gasteiger partial charge in [0.05, 0.1) is 0 Å². The van der Waals surface area contributed by atoms with Crippen LogP contribution in [0.15, 0.2) is 11.4 Å². The Kier molecular flexibility index (Phi) is 3.01. The van der Waals surface area contributed by atoms with Gasteiger partial charge in [-0.1, -0.05) is 0 Å². The van der Waals surface area contributed by atoms with Crippen LogP contribution in [0.2, 0.25) is 0 Å². The van der Waals surface area contributed by atoms with Gasteiger partial charge in [0.1, 0.15) is 0 Å². The molecule has 3 rings (SSSR count). The van der Waals surface area contributed by atoms with E-state index in [1.807, 2.05) is 11.3 Å². The standard InChI is InChI=1S/C13H20N2S/c1-15-7-3-10(4-8-15)13-11-5-9-16-12(11)2-6-14-13/h5,9-10,13-14H,2-4,6-8H2,1H3. The predicted molar refractivity (Wildman–Crippen MR) is 69.0 cm³/mol. The number of hydrogen-bond acceptors (Lipinski definition) is 3. The summed E-state index contributed by atoms with van der Waals surface area (Å²) in [5.74, 6) is 0.852. The van der Waals surface area contributed by atoms with E-state index in [0.29, 0.717) is 6.04 Å². The quantitative estimate of drug-likeness (QED) is 0.805. The molecule has 2 aliphatic rings. The zero-order valence-corrected chi connectivity index (χ0v) is 10.7. The molecular weight excluding hydrogens is 216 g/mol. The van der Waals surface area contributed by atoms with Gasteiger partial charge in [-0.2, -0.15) is 0 Å². The van der Waals surface area contributed by atoms with Crippen LogP contribution in [-0.2, 0) is 6.42 Å². The van der Waals surface area contributed by atoms with Crippen LogP contribution in [0.1, 0.15) is 29.3 Å². The second-order valence-corrected chi connectivity index (χ2v) is 6.12. The van der Waals surface area contributed by atoms with E-state index in [0.717, 1.165) is 5.92 Å². The van der Waals surface area contributed by atoms with Crippen LogP contribution in [-0.4, -0.2) is 31.6 Å². The highest BCUT2D eigenvalue weighted by Crippen LogP contribution is 2.36. The molecule has 1 saturated heterocycles. The summed E-state index contributed by atoms with van der Waals surface area (Å²) in [5, 5.41) is 6.00. The van der Waals surface area contributed by atoms with E-state index < -0.39 is 0 Å². The molecule has 0 spiro atoms. The highest BCUT2D eigenvalue weighted by molar-refractivity contribution is 7.10. The normalized spacial score (nSPS) is 27.9. The molecular formula is C13H20N2S. The lowest BCUT2D eigenvalue weighted by Gasteiger charge is -2.37. The highest BCUT2D eigenvalue weighted by Gasteiger charge is 2.30. The smallest absolute Gasteiger partial charge is 0.0360 e. The van der Waals surface area contributed by atoms with Crippen molar-refractivity contribution in [3.05, 3.63) is 21.9 Å². The van der Waals surface area contributed by atoms with Crippen molar-refractivity contribution in [3.63, 3.8) is 0 Å². The molecule has 3 heterocycles. The Balaban J connectivity index is 1.77. The zero-order chi connectivity index (χ0) is 11.0. The van der Waals surface area contributed by atoms with Crippen molar-refractivity contribution < 1.29 is 0 Å². The minimum atomic E-state index is 0.642. The first-order chi connectivity index (χ1) is 7.84. The number of thiophene rings is 1. The maximum Gasteiger partial charge on any atom is 0.0360 e. The van der Waals surface area contributed by atoms with Gasteiger partial charge in [-0.3, -0.25) is 0 Å². The Hall–Kier alpha value is -0.380. The van der Waals surface area contributed by atoms with Crippen molar-refractivity contribution in [1.29, 1.82) is 0 Å². The topological polar surface area (TPSA) is 15.3 Å². The fourth-order valence-electron chi connectivity index (χ4n) is 3.06. The molecule has 0 aromatic carbocycles. The molecule has 0 bridgehead atoms. The van der Waals surface area contributed by atoms with Crippen LogP contribution in [0.25, 0.3) is 0 Å². The molecule has 1 unspecified atom stereocenters. The van der Waals surface area contributed by atoms with E-state index in [4.69, 9.17) is 0 Å². The first-order valence-electron chi connectivity index (χ1n) is 6.33. The number of likely N-dealkylation sites (tertiary alicyclic amines) is 1. The van der Waals surface area contributed by atoms with Gasteiger partial charge in [0.2, 0.25) is 0 Å². The summed E-state index contributed by atoms with van der Waals surface area (Å²) in [6, 6.07) is 2.98. The van der Waals surface area contributed by atoms with Crippen molar-refractivity contribution in [2.45, 2.75) is 25.3 Å². The van der Waals surface area contributed by atoms with Crippen LogP contribution in [0, 0.1) is 5.92 Å². The molecule has 16 heavy (non-hydrogen) atoms. The molecule has 0 saturated carbocycles. The van der Waals surface area contributed by atoms with Crippen molar-refractivity contribution in [3.8, 4) is 0 Å². The van der Waals surface area contributed by atoms with E-state index in [1.165, 1.54) is 38.9 Å². The first kappa shape index (κ1) is 10.8. The summed E-state index contributed by atoms with van der Waals surface area (Å²) in [6.07, 6.45) is 3.93. The number of nitrogens with zero attached hydrogens (tertiary/aromatic N) is 1. The minimum Gasteiger partial charge on any atom is -0.309 e. The predicted octanol–water partition coefficient (Wildman–Crippen LogP) is 2.28. The maximum absolute atomic E-state index is 3.73. The second-order valence-electron chi connectivity index (χ2n) is 5.12. The molecule has 1 N–H and O–H groups in total. The third-order valence-electron chi connectivity index (χ3n) is 4.07. The first-order valence-corrected chi connectivity index (χ1v) is 7.21. The SMILES string of the molecule is CN1CCC(C2NCCc3sccc32)CC1. The minimum absolute atomic E-state index is 0.642. The van der Waals surface area contributed by atoms with Crippen LogP contribution >= 0.6 is 11.3 Å². The lowest BCUT2D eigenvalue weighted by molar-refractivity contribution is 0.182. The maximum atomic E-state index is 3.73. The number of piperidine rings is 1. The summed E-state index contributed by atoms with van der Waals surface area (Å²) in [5.41, 5.74) is 1.60. The van der Waals surface area contributed by atoms with Gasteiger partial charge in [-0.05, 0) is 62.3 Å². The lowest BCUT2D eigenvalue weighted by Crippen LogP contribution is -2.39. The molecule has 88 valence electrons. The van der Waals surface area contributed by atoms with Crippen LogP contribution in [0.4, 0.5) is 0 Å². The summed E-state index contributed by atoms with van der Waals surface area (Å²) < 4.78 is 0. The zero-order valence-electron chi connectivity index (χ0n) is 9.91. The van der Waals surface area contributed by atoms with Crippen LogP contribution < -0.4 is 5.32 Å². The summed E-state index contributed by atoms with van der Waals surface area (Å²) >= 11 is 1.94. The molecule has 1 fully saturated rings. The Labute approximate surface area is 102 Å². The van der Waals surface area contributed by atoms with Gasteiger partial charge in [0.25, 0.3) is 0 Å². The molecule has 1 aromatic heterocycles. The number of hydrogen-bond donors (Lipinski definition) is 1. The van der Waals surface area contributed by atoms with Gasteiger partial charge in [-0.15, -0.1) is 11.3 Å². The number of rotatable bonds is 1. The summed E-state index contributed by atoms with van der Waals surface area (Å²) in [7, 11) is 2.24. The Morgan fingerprint density at radius 3 is 3.00 bits per heavy atom. The van der Waals surface area contributed by atoms with E-state index in [2.05, 4.69) is 28.7 Å². The van der Waals surface area contributed by atoms with E-state index >= 15 is 0 Å². The molecule has 2 aliphatic heterocycles. The number of nitrogens with one attached hydrogen (secondary N) is 1. The van der Waals surface area contributed by atoms with E-state index in [1.54, 1.807) is 10.4 Å². The van der Waals surface area contributed by atoms with E-state index in [9.17, 15) is 0 Å². The molecule has 1 atom stereocenters. The monoisotopic (exact) mass is 236 g/mol. The summed E-state index contributed by atoms with van der Waals surface area (Å²) in [4.78, 5) is 4.08. The largest absolute Gasteiger partial charge is 0.309 e. The average Bonchev–Trinajstić information content (AvgIpc) is 2.78. The van der Waals surface area contributed by atoms with Crippen LogP contribution in [0.3, 0.4) is 0 Å². The molecule has 0 amide bonds. The third kappa shape index (κ3) is 1.92. The van der Waals surface area contributed by atoms with Crippen LogP contribution in [0.5, 0.6) is 0 Å². The van der Waals surface area contributed by atoms with Crippen molar-refractivity contribution in [1.82, 2.24) is 10.2 Å². The van der Waals surface area contributed by atoms with Gasteiger partial charge < -0.3 is 10.2 Å². The Bertz CT molecular complexity index is 353. The van der Waals surface area contributed by atoms with Crippen molar-refractivity contribution >= 4 is 11.3 Å². The summed E-state index contributed by atoms with van der Waals surface area (Å²) in [6.45, 7) is 3.70. The van der Waals surface area contributed by atoms with Crippen molar-refractivity contribution in [2.24, 2.45) is 5.92 Å². The molecule has 0 radical (unpaired) electrons. The molecule has 0 aliphatic carbocycles. The van der Waals surface area contributed by atoms with Gasteiger partial charge >= 0.3 is 0 Å². The lowest BCUT2D eigenvalue weighted by atomic mass is 9.84. The Morgan fingerprint density at radius 1 is 1.38 bits per heavy atom. The molecule has 1 aromatic rings. The average molecular weight is 236 g/mol. The number of fused-ring (bicyclic) bond motifs is 1. The molecule has 3 heteroatoms. The fourth-order valence-corrected chi connectivity index (χ4v) is 3.99. The highest BCUT2D eigenvalue weighted by atomic mass is 32.1.